The first kappa shape index (κ1) is 13.4. The zero-order valence-corrected chi connectivity index (χ0v) is 11.3. The van der Waals surface area contributed by atoms with Gasteiger partial charge in [0.25, 0.3) is 5.91 Å². The molecule has 0 unspecified atom stereocenters. The Labute approximate surface area is 112 Å². The highest BCUT2D eigenvalue weighted by molar-refractivity contribution is 6.31. The molecule has 2 rings (SSSR count). The maximum Gasteiger partial charge on any atom is 0.251 e. The van der Waals surface area contributed by atoms with Crippen molar-refractivity contribution in [2.45, 2.75) is 38.2 Å². The van der Waals surface area contributed by atoms with Gasteiger partial charge >= 0.3 is 0 Å². The lowest BCUT2D eigenvalue weighted by Gasteiger charge is -2.22. The van der Waals surface area contributed by atoms with Crippen LogP contribution in [0.4, 0.5) is 0 Å². The molecule has 1 aromatic carbocycles. The Morgan fingerprint density at radius 1 is 1.44 bits per heavy atom. The van der Waals surface area contributed by atoms with Crippen molar-refractivity contribution in [2.24, 2.45) is 0 Å². The largest absolute Gasteiger partial charge is 0.388 e. The van der Waals surface area contributed by atoms with E-state index >= 15 is 0 Å². The Kier molecular flexibility index (Phi) is 3.93. The van der Waals surface area contributed by atoms with Crippen LogP contribution in [0.25, 0.3) is 0 Å². The van der Waals surface area contributed by atoms with Gasteiger partial charge in [-0.2, -0.15) is 0 Å². The molecule has 1 aliphatic rings. The monoisotopic (exact) mass is 267 g/mol. The fourth-order valence-electron chi connectivity index (χ4n) is 2.40. The summed E-state index contributed by atoms with van der Waals surface area (Å²) in [6.07, 6.45) is 3.59. The van der Waals surface area contributed by atoms with E-state index in [0.29, 0.717) is 17.1 Å². The number of carbonyl (C=O) groups excluding carboxylic acids is 1. The van der Waals surface area contributed by atoms with Crippen LogP contribution in [0.15, 0.2) is 18.2 Å². The van der Waals surface area contributed by atoms with E-state index in [1.165, 1.54) is 0 Å². The van der Waals surface area contributed by atoms with E-state index in [1.807, 2.05) is 6.92 Å². The number of benzene rings is 1. The van der Waals surface area contributed by atoms with Crippen LogP contribution in [0.3, 0.4) is 0 Å². The SMILES string of the molecule is Cc1c(Cl)cccc1C(=O)NCC1(O)CCCC1. The third-order valence-electron chi connectivity index (χ3n) is 3.62. The molecule has 98 valence electrons. The lowest BCUT2D eigenvalue weighted by molar-refractivity contribution is 0.0449. The van der Waals surface area contributed by atoms with E-state index in [9.17, 15) is 9.90 Å². The first-order chi connectivity index (χ1) is 8.52. The van der Waals surface area contributed by atoms with Crippen molar-refractivity contribution >= 4 is 17.5 Å². The molecule has 0 bridgehead atoms. The zero-order valence-electron chi connectivity index (χ0n) is 10.5. The zero-order chi connectivity index (χ0) is 13.2. The van der Waals surface area contributed by atoms with Crippen molar-refractivity contribution in [1.82, 2.24) is 5.32 Å². The second kappa shape index (κ2) is 5.29. The van der Waals surface area contributed by atoms with Gasteiger partial charge in [-0.15, -0.1) is 0 Å². The highest BCUT2D eigenvalue weighted by Crippen LogP contribution is 2.28. The molecule has 0 atom stereocenters. The van der Waals surface area contributed by atoms with Crippen LogP contribution < -0.4 is 5.32 Å². The lowest BCUT2D eigenvalue weighted by atomic mass is 10.0. The van der Waals surface area contributed by atoms with Crippen LogP contribution in [-0.2, 0) is 0 Å². The van der Waals surface area contributed by atoms with Gasteiger partial charge in [-0.05, 0) is 37.5 Å². The second-order valence-electron chi connectivity index (χ2n) is 5.03. The van der Waals surface area contributed by atoms with Gasteiger partial charge in [-0.1, -0.05) is 30.5 Å². The standard InChI is InChI=1S/C14H18ClNO2/c1-10-11(5-4-6-12(10)15)13(17)16-9-14(18)7-2-3-8-14/h4-6,18H,2-3,7-9H2,1H3,(H,16,17). The van der Waals surface area contributed by atoms with Crippen LogP contribution in [0.1, 0.15) is 41.6 Å². The molecular formula is C14H18ClNO2. The lowest BCUT2D eigenvalue weighted by Crippen LogP contribution is -2.40. The summed E-state index contributed by atoms with van der Waals surface area (Å²) in [5.74, 6) is -0.171. The van der Waals surface area contributed by atoms with E-state index < -0.39 is 5.60 Å². The minimum absolute atomic E-state index is 0.171. The van der Waals surface area contributed by atoms with Crippen LogP contribution in [0, 0.1) is 6.92 Å². The van der Waals surface area contributed by atoms with Gasteiger partial charge in [0.05, 0.1) is 5.60 Å². The molecule has 1 aliphatic carbocycles. The summed E-state index contributed by atoms with van der Waals surface area (Å²) < 4.78 is 0. The Balaban J connectivity index is 2.01. The van der Waals surface area contributed by atoms with Gasteiger partial charge in [-0.3, -0.25) is 4.79 Å². The Morgan fingerprint density at radius 2 is 2.11 bits per heavy atom. The molecule has 0 heterocycles. The smallest absolute Gasteiger partial charge is 0.251 e. The van der Waals surface area contributed by atoms with Crippen molar-refractivity contribution in [2.75, 3.05) is 6.54 Å². The molecule has 3 nitrogen and oxygen atoms in total. The third kappa shape index (κ3) is 2.85. The number of hydrogen-bond donors (Lipinski definition) is 2. The molecular weight excluding hydrogens is 250 g/mol. The van der Waals surface area contributed by atoms with Gasteiger partial charge in [0.15, 0.2) is 0 Å². The van der Waals surface area contributed by atoms with Gasteiger partial charge in [0, 0.05) is 17.1 Å². The van der Waals surface area contributed by atoms with E-state index in [1.54, 1.807) is 18.2 Å². The fraction of sp³-hybridized carbons (Fsp3) is 0.500. The minimum Gasteiger partial charge on any atom is -0.388 e. The topological polar surface area (TPSA) is 49.3 Å². The van der Waals surface area contributed by atoms with Crippen LogP contribution in [0.5, 0.6) is 0 Å². The molecule has 4 heteroatoms. The number of nitrogens with one attached hydrogen (secondary N) is 1. The summed E-state index contributed by atoms with van der Waals surface area (Å²) in [7, 11) is 0. The van der Waals surface area contributed by atoms with Crippen molar-refractivity contribution in [1.29, 1.82) is 0 Å². The molecule has 2 N–H and O–H groups in total. The first-order valence-corrected chi connectivity index (χ1v) is 6.65. The molecule has 1 amide bonds. The maximum absolute atomic E-state index is 12.0. The predicted molar refractivity (Wildman–Crippen MR) is 71.9 cm³/mol. The highest BCUT2D eigenvalue weighted by Gasteiger charge is 2.31. The Morgan fingerprint density at radius 3 is 2.78 bits per heavy atom. The molecule has 0 radical (unpaired) electrons. The molecule has 1 aromatic rings. The number of hydrogen-bond acceptors (Lipinski definition) is 2. The fourth-order valence-corrected chi connectivity index (χ4v) is 2.58. The molecule has 0 spiro atoms. The summed E-state index contributed by atoms with van der Waals surface area (Å²) in [6.45, 7) is 2.14. The summed E-state index contributed by atoms with van der Waals surface area (Å²) in [5, 5.41) is 13.6. The van der Waals surface area contributed by atoms with Crippen LogP contribution in [0.2, 0.25) is 5.02 Å². The van der Waals surface area contributed by atoms with Crippen LogP contribution >= 0.6 is 11.6 Å². The molecule has 0 aromatic heterocycles. The van der Waals surface area contributed by atoms with Crippen molar-refractivity contribution in [3.8, 4) is 0 Å². The number of aliphatic hydroxyl groups is 1. The maximum atomic E-state index is 12.0. The normalized spacial score (nSPS) is 17.7. The summed E-state index contributed by atoms with van der Waals surface area (Å²) in [5.41, 5.74) is 0.626. The van der Waals surface area contributed by atoms with Gasteiger partial charge < -0.3 is 10.4 Å². The van der Waals surface area contributed by atoms with Crippen molar-refractivity contribution in [3.05, 3.63) is 34.3 Å². The van der Waals surface area contributed by atoms with E-state index in [-0.39, 0.29) is 5.91 Å². The van der Waals surface area contributed by atoms with E-state index in [0.717, 1.165) is 31.2 Å². The third-order valence-corrected chi connectivity index (χ3v) is 4.03. The Bertz CT molecular complexity index is 453. The summed E-state index contributed by atoms with van der Waals surface area (Å²) in [6, 6.07) is 5.27. The van der Waals surface area contributed by atoms with Crippen LogP contribution in [-0.4, -0.2) is 23.2 Å². The molecule has 18 heavy (non-hydrogen) atoms. The first-order valence-electron chi connectivity index (χ1n) is 6.27. The Hall–Kier alpha value is -1.06. The highest BCUT2D eigenvalue weighted by atomic mass is 35.5. The van der Waals surface area contributed by atoms with Gasteiger partial charge in [-0.25, -0.2) is 0 Å². The second-order valence-corrected chi connectivity index (χ2v) is 5.43. The van der Waals surface area contributed by atoms with E-state index in [4.69, 9.17) is 11.6 Å². The average Bonchev–Trinajstić information content (AvgIpc) is 2.77. The average molecular weight is 268 g/mol. The van der Waals surface area contributed by atoms with Crippen molar-refractivity contribution < 1.29 is 9.90 Å². The van der Waals surface area contributed by atoms with Crippen molar-refractivity contribution in [3.63, 3.8) is 0 Å². The number of amides is 1. The van der Waals surface area contributed by atoms with E-state index in [2.05, 4.69) is 5.32 Å². The summed E-state index contributed by atoms with van der Waals surface area (Å²) >= 11 is 5.98. The summed E-state index contributed by atoms with van der Waals surface area (Å²) in [4.78, 5) is 12.0. The molecule has 0 saturated heterocycles. The predicted octanol–water partition coefficient (Wildman–Crippen LogP) is 2.68. The number of rotatable bonds is 3. The van der Waals surface area contributed by atoms with Gasteiger partial charge in [0.2, 0.25) is 0 Å². The molecule has 1 saturated carbocycles. The molecule has 1 fully saturated rings. The molecule has 0 aliphatic heterocycles. The van der Waals surface area contributed by atoms with Gasteiger partial charge in [0.1, 0.15) is 0 Å². The number of carbonyl (C=O) groups is 1. The minimum atomic E-state index is -0.720. The quantitative estimate of drug-likeness (QED) is 0.885. The number of halogens is 1.